The van der Waals surface area contributed by atoms with Crippen molar-refractivity contribution in [3.8, 4) is 0 Å². The molecule has 0 bridgehead atoms. The zero-order valence-electron chi connectivity index (χ0n) is 24.0. The lowest BCUT2D eigenvalue weighted by Crippen LogP contribution is -2.40. The Morgan fingerprint density at radius 3 is 2.08 bits per heavy atom. The first kappa shape index (κ1) is 31.4. The maximum absolute atomic E-state index is 13.4. The lowest BCUT2D eigenvalue weighted by molar-refractivity contribution is -0.150. The van der Waals surface area contributed by atoms with E-state index >= 15 is 0 Å². The minimum absolute atomic E-state index is 0.00592. The van der Waals surface area contributed by atoms with E-state index in [0.29, 0.717) is 18.4 Å². The first-order valence-corrected chi connectivity index (χ1v) is 16.8. The Kier molecular flexibility index (Phi) is 14.5. The summed E-state index contributed by atoms with van der Waals surface area (Å²) >= 11 is 2.64. The van der Waals surface area contributed by atoms with E-state index in [9.17, 15) is 9.59 Å². The van der Waals surface area contributed by atoms with Crippen molar-refractivity contribution in [3.05, 3.63) is 35.9 Å². The number of amides is 1. The SMILES string of the molecule is CC1CCCC(C(=O)NC2CCCCC(C(=O)OCc3ccccc3)CCCC(C)C2)CCCCC(I)C1. The lowest BCUT2D eigenvalue weighted by Gasteiger charge is -2.25. The summed E-state index contributed by atoms with van der Waals surface area (Å²) in [6.07, 6.45) is 17.6. The van der Waals surface area contributed by atoms with Crippen LogP contribution in [0.3, 0.4) is 0 Å². The average Bonchev–Trinajstić information content (AvgIpc) is 2.96. The van der Waals surface area contributed by atoms with Crippen molar-refractivity contribution in [3.63, 3.8) is 0 Å². The van der Waals surface area contributed by atoms with Crippen LogP contribution in [-0.2, 0) is 20.9 Å². The topological polar surface area (TPSA) is 55.4 Å². The molecule has 6 atom stereocenters. The fraction of sp³-hybridized carbons (Fsp3) is 0.758. The molecule has 3 rings (SSSR count). The molecule has 1 aromatic rings. The number of benzene rings is 1. The molecule has 0 radical (unpaired) electrons. The molecule has 2 aliphatic carbocycles. The van der Waals surface area contributed by atoms with Crippen molar-refractivity contribution in [1.82, 2.24) is 5.32 Å². The maximum Gasteiger partial charge on any atom is 0.309 e. The molecule has 1 aromatic carbocycles. The van der Waals surface area contributed by atoms with Crippen LogP contribution in [0.4, 0.5) is 0 Å². The van der Waals surface area contributed by atoms with Gasteiger partial charge in [-0.25, -0.2) is 0 Å². The summed E-state index contributed by atoms with van der Waals surface area (Å²) in [5.41, 5.74) is 1.04. The van der Waals surface area contributed by atoms with Gasteiger partial charge in [0.05, 0.1) is 5.92 Å². The molecule has 0 spiro atoms. The molecule has 4 nitrogen and oxygen atoms in total. The number of esters is 1. The van der Waals surface area contributed by atoms with Crippen molar-refractivity contribution < 1.29 is 14.3 Å². The van der Waals surface area contributed by atoms with Gasteiger partial charge in [-0.3, -0.25) is 9.59 Å². The van der Waals surface area contributed by atoms with Gasteiger partial charge in [-0.2, -0.15) is 0 Å². The number of halogens is 1. The van der Waals surface area contributed by atoms with Gasteiger partial charge in [0.2, 0.25) is 5.91 Å². The summed E-state index contributed by atoms with van der Waals surface area (Å²) < 4.78 is 6.48. The summed E-state index contributed by atoms with van der Waals surface area (Å²) in [4.78, 5) is 26.3. The third-order valence-electron chi connectivity index (χ3n) is 8.79. The molecule has 6 unspecified atom stereocenters. The van der Waals surface area contributed by atoms with Crippen LogP contribution < -0.4 is 5.32 Å². The van der Waals surface area contributed by atoms with Crippen LogP contribution in [0.25, 0.3) is 0 Å². The minimum atomic E-state index is -0.0411. The molecule has 0 aliphatic heterocycles. The number of ether oxygens (including phenoxy) is 1. The van der Waals surface area contributed by atoms with E-state index < -0.39 is 0 Å². The molecule has 2 aliphatic rings. The lowest BCUT2D eigenvalue weighted by atomic mass is 9.90. The van der Waals surface area contributed by atoms with E-state index in [1.165, 1.54) is 38.5 Å². The predicted molar refractivity (Wildman–Crippen MR) is 165 cm³/mol. The molecule has 0 saturated heterocycles. The summed E-state index contributed by atoms with van der Waals surface area (Å²) in [5.74, 6) is 1.74. The summed E-state index contributed by atoms with van der Waals surface area (Å²) in [6.45, 7) is 5.06. The van der Waals surface area contributed by atoms with E-state index in [1.54, 1.807) is 0 Å². The zero-order valence-corrected chi connectivity index (χ0v) is 26.1. The second kappa shape index (κ2) is 17.6. The van der Waals surface area contributed by atoms with Crippen molar-refractivity contribution in [2.75, 3.05) is 0 Å². The molecule has 2 saturated carbocycles. The number of hydrogen-bond donors (Lipinski definition) is 1. The van der Waals surface area contributed by atoms with E-state index in [4.69, 9.17) is 4.74 Å². The highest BCUT2D eigenvalue weighted by atomic mass is 127. The van der Waals surface area contributed by atoms with Gasteiger partial charge in [-0.1, -0.05) is 118 Å². The number of carbonyl (C=O) groups is 2. The molecule has 2 fully saturated rings. The van der Waals surface area contributed by atoms with Crippen molar-refractivity contribution in [2.24, 2.45) is 23.7 Å². The fourth-order valence-corrected chi connectivity index (χ4v) is 7.75. The van der Waals surface area contributed by atoms with Crippen LogP contribution in [0.15, 0.2) is 30.3 Å². The van der Waals surface area contributed by atoms with Crippen LogP contribution in [0.1, 0.15) is 122 Å². The normalized spacial score (nSPS) is 30.7. The predicted octanol–water partition coefficient (Wildman–Crippen LogP) is 8.79. The molecule has 5 heteroatoms. The smallest absolute Gasteiger partial charge is 0.309 e. The average molecular weight is 638 g/mol. The van der Waals surface area contributed by atoms with Crippen LogP contribution in [-0.4, -0.2) is 21.8 Å². The largest absolute Gasteiger partial charge is 0.461 e. The first-order chi connectivity index (χ1) is 18.4. The number of alkyl halides is 1. The van der Waals surface area contributed by atoms with Crippen molar-refractivity contribution in [2.45, 2.75) is 133 Å². The molecule has 1 amide bonds. The van der Waals surface area contributed by atoms with Gasteiger partial charge in [0, 0.05) is 15.9 Å². The van der Waals surface area contributed by atoms with E-state index in [1.807, 2.05) is 30.3 Å². The highest BCUT2D eigenvalue weighted by molar-refractivity contribution is 14.1. The van der Waals surface area contributed by atoms with Crippen molar-refractivity contribution >= 4 is 34.5 Å². The zero-order chi connectivity index (χ0) is 27.2. The van der Waals surface area contributed by atoms with Gasteiger partial charge in [-0.15, -0.1) is 0 Å². The number of rotatable bonds is 5. The standard InChI is InChI=1S/C33H52INO3/c1-25-12-10-18-28(16-6-8-20-30(34)22-25)32(36)35-31-21-9-7-17-29(19-11-13-26(2)23-31)33(37)38-24-27-14-4-3-5-15-27/h3-5,14-15,25-26,28-31H,6-13,16-24H2,1-2H3,(H,35,36). The number of nitrogens with one attached hydrogen (secondary N) is 1. The fourth-order valence-electron chi connectivity index (χ4n) is 6.44. The van der Waals surface area contributed by atoms with Gasteiger partial charge < -0.3 is 10.1 Å². The quantitative estimate of drug-likeness (QED) is 0.200. The van der Waals surface area contributed by atoms with E-state index in [0.717, 1.165) is 79.6 Å². The Morgan fingerprint density at radius 2 is 1.34 bits per heavy atom. The third-order valence-corrected chi connectivity index (χ3v) is 9.92. The van der Waals surface area contributed by atoms with Gasteiger partial charge in [0.15, 0.2) is 0 Å². The summed E-state index contributed by atoms with van der Waals surface area (Å²) in [5, 5.41) is 3.52. The Bertz CT molecular complexity index is 816. The van der Waals surface area contributed by atoms with Gasteiger partial charge in [0.1, 0.15) is 6.61 Å². The molecule has 1 N–H and O–H groups in total. The highest BCUT2D eigenvalue weighted by Crippen LogP contribution is 2.29. The molecule has 214 valence electrons. The van der Waals surface area contributed by atoms with Crippen LogP contribution >= 0.6 is 22.6 Å². The van der Waals surface area contributed by atoms with Crippen LogP contribution in [0.5, 0.6) is 0 Å². The van der Waals surface area contributed by atoms with E-state index in [-0.39, 0.29) is 23.8 Å². The van der Waals surface area contributed by atoms with Gasteiger partial charge in [-0.05, 0) is 68.8 Å². The Morgan fingerprint density at radius 1 is 0.763 bits per heavy atom. The van der Waals surface area contributed by atoms with Crippen LogP contribution in [0, 0.1) is 23.7 Å². The Labute approximate surface area is 246 Å². The van der Waals surface area contributed by atoms with Crippen molar-refractivity contribution in [1.29, 1.82) is 0 Å². The molecule has 38 heavy (non-hydrogen) atoms. The van der Waals surface area contributed by atoms with Gasteiger partial charge in [0.25, 0.3) is 0 Å². The molecular formula is C33H52INO3. The summed E-state index contributed by atoms with van der Waals surface area (Å²) in [6, 6.07) is 10.2. The van der Waals surface area contributed by atoms with Gasteiger partial charge >= 0.3 is 5.97 Å². The third kappa shape index (κ3) is 12.0. The molecule has 0 aromatic heterocycles. The second-order valence-electron chi connectivity index (χ2n) is 12.4. The Balaban J connectivity index is 1.49. The van der Waals surface area contributed by atoms with Crippen LogP contribution in [0.2, 0.25) is 0 Å². The molecular weight excluding hydrogens is 585 g/mol. The Hall–Kier alpha value is -1.11. The summed E-state index contributed by atoms with van der Waals surface area (Å²) in [7, 11) is 0. The maximum atomic E-state index is 13.4. The number of carbonyl (C=O) groups excluding carboxylic acids is 2. The monoisotopic (exact) mass is 637 g/mol. The first-order valence-electron chi connectivity index (χ1n) is 15.6. The molecule has 0 heterocycles. The van der Waals surface area contributed by atoms with E-state index in [2.05, 4.69) is 41.8 Å². The highest BCUT2D eigenvalue weighted by Gasteiger charge is 2.26. The second-order valence-corrected chi connectivity index (χ2v) is 14.2. The minimum Gasteiger partial charge on any atom is -0.461 e. The number of hydrogen-bond acceptors (Lipinski definition) is 3.